The summed E-state index contributed by atoms with van der Waals surface area (Å²) in [5.41, 5.74) is 5.12. The first-order valence-electron chi connectivity index (χ1n) is 9.78. The van der Waals surface area contributed by atoms with E-state index in [-0.39, 0.29) is 0 Å². The number of anilines is 1. The van der Waals surface area contributed by atoms with Gasteiger partial charge in [0.2, 0.25) is 0 Å². The number of ether oxygens (including phenoxy) is 1. The molecule has 0 atom stereocenters. The van der Waals surface area contributed by atoms with Crippen LogP contribution in [-0.2, 0) is 0 Å². The number of nitrogens with one attached hydrogen (secondary N) is 1. The van der Waals surface area contributed by atoms with E-state index in [1.54, 1.807) is 12.0 Å². The molecule has 0 radical (unpaired) electrons. The van der Waals surface area contributed by atoms with Crippen molar-refractivity contribution in [1.29, 1.82) is 0 Å². The minimum absolute atomic E-state index is 0.833. The molecule has 1 aliphatic heterocycles. The van der Waals surface area contributed by atoms with E-state index in [1.807, 2.05) is 35.8 Å². The fourth-order valence-electron chi connectivity index (χ4n) is 4.00. The van der Waals surface area contributed by atoms with Crippen LogP contribution in [0.3, 0.4) is 0 Å². The zero-order chi connectivity index (χ0) is 19.7. The first-order chi connectivity index (χ1) is 13.6. The number of fused-ring (bicyclic) bond motifs is 1. The summed E-state index contributed by atoms with van der Waals surface area (Å²) in [6.07, 6.45) is 1.89. The van der Waals surface area contributed by atoms with Gasteiger partial charge in [-0.15, -0.1) is 0 Å². The molecule has 1 aromatic carbocycles. The number of benzene rings is 1. The molecule has 28 heavy (non-hydrogen) atoms. The third-order valence-corrected chi connectivity index (χ3v) is 5.32. The number of quaternary nitrogens is 1. The van der Waals surface area contributed by atoms with Crippen LogP contribution in [0.4, 0.5) is 5.82 Å². The zero-order valence-corrected chi connectivity index (χ0v) is 16.9. The third kappa shape index (κ3) is 3.47. The fraction of sp³-hybridized carbons (Fsp3) is 0.364. The van der Waals surface area contributed by atoms with Gasteiger partial charge in [0.05, 0.1) is 51.6 Å². The molecule has 6 heteroatoms. The molecule has 146 valence electrons. The van der Waals surface area contributed by atoms with Crippen molar-refractivity contribution < 1.29 is 9.64 Å². The summed E-state index contributed by atoms with van der Waals surface area (Å²) in [4.78, 5) is 8.82. The van der Waals surface area contributed by atoms with E-state index in [9.17, 15) is 0 Å². The van der Waals surface area contributed by atoms with Gasteiger partial charge < -0.3 is 14.5 Å². The van der Waals surface area contributed by atoms with Gasteiger partial charge >= 0.3 is 0 Å². The Morgan fingerprint density at radius 1 is 1.21 bits per heavy atom. The molecule has 1 N–H and O–H groups in total. The molecule has 1 saturated heterocycles. The molecule has 0 unspecified atom stereocenters. The number of aromatic nitrogens is 3. The van der Waals surface area contributed by atoms with Crippen molar-refractivity contribution in [3.8, 4) is 16.9 Å². The second-order valence-corrected chi connectivity index (χ2v) is 7.62. The Labute approximate surface area is 166 Å². The number of hydrogen-bond donors (Lipinski definition) is 1. The predicted molar refractivity (Wildman–Crippen MR) is 112 cm³/mol. The summed E-state index contributed by atoms with van der Waals surface area (Å²) in [7, 11) is 1.70. The number of para-hydroxylation sites is 1. The van der Waals surface area contributed by atoms with Crippen LogP contribution in [0, 0.1) is 6.92 Å². The van der Waals surface area contributed by atoms with Gasteiger partial charge in [-0.25, -0.2) is 4.98 Å². The number of rotatable bonds is 5. The summed E-state index contributed by atoms with van der Waals surface area (Å²) < 4.78 is 7.52. The first-order valence-corrected chi connectivity index (χ1v) is 9.78. The van der Waals surface area contributed by atoms with Crippen LogP contribution >= 0.6 is 0 Å². The monoisotopic (exact) mass is 378 g/mol. The molecule has 0 spiro atoms. The molecule has 3 aromatic rings. The first kappa shape index (κ1) is 18.5. The standard InChI is InChI=1S/C22H27N5O/c1-16(2)15-25-9-11-26(12-10-25)21-13-17(3)24-22-19(14-23-27(21)22)18-7-5-6-8-20(18)28-4/h5-8,13-14H,1,9-12,15H2,2-4H3/p+1. The average Bonchev–Trinajstić information content (AvgIpc) is 3.11. The second kappa shape index (κ2) is 7.64. The summed E-state index contributed by atoms with van der Waals surface area (Å²) in [6.45, 7) is 13.5. The summed E-state index contributed by atoms with van der Waals surface area (Å²) >= 11 is 0. The van der Waals surface area contributed by atoms with Crippen molar-refractivity contribution in [2.45, 2.75) is 13.8 Å². The highest BCUT2D eigenvalue weighted by molar-refractivity contribution is 5.82. The Morgan fingerprint density at radius 2 is 1.96 bits per heavy atom. The lowest BCUT2D eigenvalue weighted by molar-refractivity contribution is -0.895. The SMILES string of the molecule is C=C(C)C[NH+]1CCN(c2cc(C)nc3c(-c4ccccc4OC)cnn23)CC1. The van der Waals surface area contributed by atoms with Gasteiger partial charge in [0.15, 0.2) is 5.65 Å². The maximum Gasteiger partial charge on any atom is 0.165 e. The van der Waals surface area contributed by atoms with Crippen LogP contribution in [-0.4, -0.2) is 54.4 Å². The molecular weight excluding hydrogens is 350 g/mol. The van der Waals surface area contributed by atoms with Crippen molar-refractivity contribution in [3.05, 3.63) is 54.4 Å². The third-order valence-electron chi connectivity index (χ3n) is 5.32. The minimum Gasteiger partial charge on any atom is -0.496 e. The van der Waals surface area contributed by atoms with E-state index < -0.39 is 0 Å². The van der Waals surface area contributed by atoms with Crippen LogP contribution in [0.15, 0.2) is 48.7 Å². The predicted octanol–water partition coefficient (Wildman–Crippen LogP) is 1.99. The van der Waals surface area contributed by atoms with E-state index in [4.69, 9.17) is 14.8 Å². The fourth-order valence-corrected chi connectivity index (χ4v) is 4.00. The van der Waals surface area contributed by atoms with Gasteiger partial charge in [-0.2, -0.15) is 9.61 Å². The van der Waals surface area contributed by atoms with Crippen molar-refractivity contribution in [2.75, 3.05) is 44.7 Å². The van der Waals surface area contributed by atoms with Crippen molar-refractivity contribution >= 4 is 11.5 Å². The summed E-state index contributed by atoms with van der Waals surface area (Å²) in [5, 5.41) is 4.69. The van der Waals surface area contributed by atoms with Gasteiger partial charge in [0, 0.05) is 17.3 Å². The molecule has 0 amide bonds. The van der Waals surface area contributed by atoms with E-state index in [2.05, 4.69) is 30.5 Å². The molecule has 2 aromatic heterocycles. The highest BCUT2D eigenvalue weighted by Crippen LogP contribution is 2.33. The maximum atomic E-state index is 5.55. The van der Waals surface area contributed by atoms with Gasteiger partial charge in [-0.05, 0) is 25.5 Å². The minimum atomic E-state index is 0.833. The van der Waals surface area contributed by atoms with Gasteiger partial charge in [-0.1, -0.05) is 24.8 Å². The van der Waals surface area contributed by atoms with Crippen LogP contribution < -0.4 is 14.5 Å². The number of nitrogens with zero attached hydrogens (tertiary/aromatic N) is 4. The molecule has 0 bridgehead atoms. The lowest BCUT2D eigenvalue weighted by Crippen LogP contribution is -3.15. The molecular formula is C22H28N5O+. The molecule has 0 saturated carbocycles. The number of piperazine rings is 1. The Hall–Kier alpha value is -2.86. The van der Waals surface area contributed by atoms with Crippen molar-refractivity contribution in [1.82, 2.24) is 14.6 Å². The Bertz CT molecular complexity index is 1000. The number of methoxy groups -OCH3 is 1. The Balaban J connectivity index is 1.70. The van der Waals surface area contributed by atoms with Crippen molar-refractivity contribution in [3.63, 3.8) is 0 Å². The highest BCUT2D eigenvalue weighted by atomic mass is 16.5. The average molecular weight is 379 g/mol. The summed E-state index contributed by atoms with van der Waals surface area (Å²) in [5.74, 6) is 1.94. The second-order valence-electron chi connectivity index (χ2n) is 7.62. The lowest BCUT2D eigenvalue weighted by atomic mass is 10.1. The molecule has 0 aliphatic carbocycles. The molecule has 1 aliphatic rings. The van der Waals surface area contributed by atoms with E-state index >= 15 is 0 Å². The van der Waals surface area contributed by atoms with E-state index in [0.29, 0.717) is 0 Å². The topological polar surface area (TPSA) is 47.1 Å². The molecule has 4 rings (SSSR count). The van der Waals surface area contributed by atoms with E-state index in [0.717, 1.165) is 66.8 Å². The van der Waals surface area contributed by atoms with Crippen LogP contribution in [0.2, 0.25) is 0 Å². The van der Waals surface area contributed by atoms with Crippen LogP contribution in [0.1, 0.15) is 12.6 Å². The number of aryl methyl sites for hydroxylation is 1. The van der Waals surface area contributed by atoms with Gasteiger partial charge in [-0.3, -0.25) is 0 Å². The maximum absolute atomic E-state index is 5.55. The molecule has 6 nitrogen and oxygen atoms in total. The Kier molecular flexibility index (Phi) is 5.05. The zero-order valence-electron chi connectivity index (χ0n) is 16.9. The van der Waals surface area contributed by atoms with Crippen molar-refractivity contribution in [2.24, 2.45) is 0 Å². The van der Waals surface area contributed by atoms with Crippen LogP contribution in [0.25, 0.3) is 16.8 Å². The molecule has 3 heterocycles. The largest absolute Gasteiger partial charge is 0.496 e. The lowest BCUT2D eigenvalue weighted by Gasteiger charge is -2.33. The van der Waals surface area contributed by atoms with Gasteiger partial charge in [0.25, 0.3) is 0 Å². The summed E-state index contributed by atoms with van der Waals surface area (Å²) in [6, 6.07) is 10.2. The number of hydrogen-bond acceptors (Lipinski definition) is 4. The van der Waals surface area contributed by atoms with E-state index in [1.165, 1.54) is 5.57 Å². The highest BCUT2D eigenvalue weighted by Gasteiger charge is 2.23. The van der Waals surface area contributed by atoms with Gasteiger partial charge in [0.1, 0.15) is 11.6 Å². The van der Waals surface area contributed by atoms with Crippen LogP contribution in [0.5, 0.6) is 5.75 Å². The molecule has 1 fully saturated rings. The smallest absolute Gasteiger partial charge is 0.165 e. The quantitative estimate of drug-likeness (QED) is 0.690. The Morgan fingerprint density at radius 3 is 2.68 bits per heavy atom. The normalized spacial score (nSPS) is 15.2.